The van der Waals surface area contributed by atoms with E-state index < -0.39 is 0 Å². The lowest BCUT2D eigenvalue weighted by atomic mass is 10.1. The molecule has 1 aromatic carbocycles. The van der Waals surface area contributed by atoms with Crippen molar-refractivity contribution in [3.8, 4) is 0 Å². The minimum Gasteiger partial charge on any atom is -0.367 e. The quantitative estimate of drug-likeness (QED) is 0.901. The van der Waals surface area contributed by atoms with Crippen molar-refractivity contribution < 1.29 is 0 Å². The highest BCUT2D eigenvalue weighted by Crippen LogP contribution is 2.28. The maximum absolute atomic E-state index is 6.10. The summed E-state index contributed by atoms with van der Waals surface area (Å²) in [6.45, 7) is 6.57. The minimum absolute atomic E-state index is 0.449. The second-order valence-electron chi connectivity index (χ2n) is 5.14. The van der Waals surface area contributed by atoms with Crippen molar-refractivity contribution >= 4 is 28.9 Å². The summed E-state index contributed by atoms with van der Waals surface area (Å²) in [4.78, 5) is 2.38. The molecule has 2 rings (SSSR count). The molecule has 0 aromatic heterocycles. The van der Waals surface area contributed by atoms with Gasteiger partial charge >= 0.3 is 0 Å². The van der Waals surface area contributed by atoms with Crippen LogP contribution < -0.4 is 10.2 Å². The Bertz CT molecular complexity index is 401. The number of hydrogen-bond donors (Lipinski definition) is 1. The van der Waals surface area contributed by atoms with Crippen LogP contribution >= 0.6 is 23.2 Å². The van der Waals surface area contributed by atoms with Gasteiger partial charge in [0.05, 0.1) is 10.0 Å². The zero-order chi connectivity index (χ0) is 13.1. The molecule has 0 amide bonds. The van der Waals surface area contributed by atoms with E-state index in [2.05, 4.69) is 24.1 Å². The molecule has 1 aliphatic rings. The van der Waals surface area contributed by atoms with Crippen LogP contribution in [0, 0.1) is 0 Å². The summed E-state index contributed by atoms with van der Waals surface area (Å²) in [7, 11) is 0. The second-order valence-corrected chi connectivity index (χ2v) is 5.95. The average molecular weight is 287 g/mol. The van der Waals surface area contributed by atoms with Gasteiger partial charge in [0.1, 0.15) is 0 Å². The van der Waals surface area contributed by atoms with Crippen LogP contribution in [0.2, 0.25) is 10.0 Å². The summed E-state index contributed by atoms with van der Waals surface area (Å²) in [5.41, 5.74) is 1.15. The van der Waals surface area contributed by atoms with Crippen molar-refractivity contribution in [1.82, 2.24) is 5.32 Å². The molecule has 1 saturated heterocycles. The monoisotopic (exact) mass is 286 g/mol. The summed E-state index contributed by atoms with van der Waals surface area (Å²) in [6, 6.07) is 6.91. The number of nitrogens with one attached hydrogen (secondary N) is 1. The summed E-state index contributed by atoms with van der Waals surface area (Å²) in [5, 5.41) is 4.78. The predicted molar refractivity (Wildman–Crippen MR) is 80.0 cm³/mol. The molecule has 18 heavy (non-hydrogen) atoms. The highest BCUT2D eigenvalue weighted by Gasteiger charge is 2.20. The summed E-state index contributed by atoms with van der Waals surface area (Å²) in [6.07, 6.45) is 2.53. The van der Waals surface area contributed by atoms with E-state index in [1.807, 2.05) is 18.2 Å². The average Bonchev–Trinajstić information content (AvgIpc) is 2.82. The molecule has 1 N–H and O–H groups in total. The van der Waals surface area contributed by atoms with E-state index in [-0.39, 0.29) is 0 Å². The van der Waals surface area contributed by atoms with Crippen LogP contribution in [0.3, 0.4) is 0 Å². The van der Waals surface area contributed by atoms with Crippen LogP contribution in [0.25, 0.3) is 0 Å². The van der Waals surface area contributed by atoms with Gasteiger partial charge in [0.15, 0.2) is 0 Å². The lowest BCUT2D eigenvalue weighted by Gasteiger charge is -2.32. The molecule has 0 aliphatic carbocycles. The van der Waals surface area contributed by atoms with E-state index in [9.17, 15) is 0 Å². The van der Waals surface area contributed by atoms with Gasteiger partial charge in [-0.25, -0.2) is 0 Å². The maximum Gasteiger partial charge on any atom is 0.0612 e. The van der Waals surface area contributed by atoms with Crippen LogP contribution in [-0.4, -0.2) is 25.2 Å². The van der Waals surface area contributed by atoms with E-state index in [0.29, 0.717) is 22.1 Å². The van der Waals surface area contributed by atoms with Crippen molar-refractivity contribution in [3.05, 3.63) is 28.2 Å². The van der Waals surface area contributed by atoms with Crippen molar-refractivity contribution in [2.75, 3.05) is 18.0 Å². The number of nitrogens with zero attached hydrogens (tertiary/aromatic N) is 1. The fourth-order valence-corrected chi connectivity index (χ4v) is 2.72. The molecular weight excluding hydrogens is 267 g/mol. The Morgan fingerprint density at radius 2 is 2.11 bits per heavy atom. The number of hydrogen-bond acceptors (Lipinski definition) is 2. The topological polar surface area (TPSA) is 15.3 Å². The third-order valence-corrected chi connectivity index (χ3v) is 4.18. The molecule has 1 fully saturated rings. The van der Waals surface area contributed by atoms with Crippen LogP contribution in [0.5, 0.6) is 0 Å². The van der Waals surface area contributed by atoms with Crippen LogP contribution in [-0.2, 0) is 0 Å². The van der Waals surface area contributed by atoms with Gasteiger partial charge in [-0.1, -0.05) is 23.2 Å². The molecule has 4 heteroatoms. The van der Waals surface area contributed by atoms with Gasteiger partial charge < -0.3 is 10.2 Å². The minimum atomic E-state index is 0.449. The van der Waals surface area contributed by atoms with Crippen LogP contribution in [0.15, 0.2) is 18.2 Å². The Hall–Kier alpha value is -0.440. The zero-order valence-corrected chi connectivity index (χ0v) is 12.4. The highest BCUT2D eigenvalue weighted by molar-refractivity contribution is 6.42. The molecule has 0 bridgehead atoms. The third kappa shape index (κ3) is 3.31. The fourth-order valence-electron chi connectivity index (χ4n) is 2.43. The number of rotatable bonds is 4. The van der Waals surface area contributed by atoms with Gasteiger partial charge in [-0.3, -0.25) is 0 Å². The third-order valence-electron chi connectivity index (χ3n) is 3.44. The van der Waals surface area contributed by atoms with E-state index in [4.69, 9.17) is 23.2 Å². The largest absolute Gasteiger partial charge is 0.367 e. The first-order chi connectivity index (χ1) is 8.58. The smallest absolute Gasteiger partial charge is 0.0612 e. The first-order valence-electron chi connectivity index (χ1n) is 6.53. The predicted octanol–water partition coefficient (Wildman–Crippen LogP) is 3.96. The molecule has 1 unspecified atom stereocenters. The van der Waals surface area contributed by atoms with Crippen LogP contribution in [0.4, 0.5) is 5.69 Å². The Morgan fingerprint density at radius 1 is 1.33 bits per heavy atom. The second kappa shape index (κ2) is 6.14. The van der Waals surface area contributed by atoms with E-state index in [1.54, 1.807) is 0 Å². The van der Waals surface area contributed by atoms with E-state index >= 15 is 0 Å². The molecule has 1 heterocycles. The maximum atomic E-state index is 6.10. The van der Waals surface area contributed by atoms with E-state index in [0.717, 1.165) is 18.8 Å². The Kier molecular flexibility index (Phi) is 4.77. The van der Waals surface area contributed by atoms with Gasteiger partial charge in [0.2, 0.25) is 0 Å². The van der Waals surface area contributed by atoms with Crippen molar-refractivity contribution in [3.63, 3.8) is 0 Å². The molecule has 0 radical (unpaired) electrons. The highest BCUT2D eigenvalue weighted by atomic mass is 35.5. The summed E-state index contributed by atoms with van der Waals surface area (Å²) < 4.78 is 0. The van der Waals surface area contributed by atoms with Crippen molar-refractivity contribution in [2.24, 2.45) is 0 Å². The van der Waals surface area contributed by atoms with Crippen molar-refractivity contribution in [2.45, 2.75) is 38.8 Å². The Balaban J connectivity index is 2.15. The number of anilines is 1. The molecule has 0 saturated carbocycles. The van der Waals surface area contributed by atoms with Gasteiger partial charge in [0.25, 0.3) is 0 Å². The Labute approximate surface area is 119 Å². The first-order valence-corrected chi connectivity index (χ1v) is 7.28. The summed E-state index contributed by atoms with van der Waals surface area (Å²) >= 11 is 12.1. The molecule has 100 valence electrons. The van der Waals surface area contributed by atoms with Gasteiger partial charge in [-0.2, -0.15) is 0 Å². The normalized spacial score (nSPS) is 19.5. The standard InChI is InChI=1S/C14H20Cl2N2/c1-10(2)18(9-11-4-3-7-17-11)12-5-6-13(15)14(16)8-12/h5-6,8,10-11,17H,3-4,7,9H2,1-2H3. The number of benzene rings is 1. The van der Waals surface area contributed by atoms with Gasteiger partial charge in [-0.15, -0.1) is 0 Å². The molecular formula is C14H20Cl2N2. The molecule has 1 atom stereocenters. The lowest BCUT2D eigenvalue weighted by molar-refractivity contribution is 0.553. The molecule has 1 aromatic rings. The van der Waals surface area contributed by atoms with Crippen LogP contribution in [0.1, 0.15) is 26.7 Å². The number of halogens is 2. The molecule has 1 aliphatic heterocycles. The fraction of sp³-hybridized carbons (Fsp3) is 0.571. The van der Waals surface area contributed by atoms with E-state index in [1.165, 1.54) is 12.8 Å². The lowest BCUT2D eigenvalue weighted by Crippen LogP contribution is -2.41. The molecule has 2 nitrogen and oxygen atoms in total. The van der Waals surface area contributed by atoms with Gasteiger partial charge in [-0.05, 0) is 51.4 Å². The Morgan fingerprint density at radius 3 is 2.67 bits per heavy atom. The first kappa shape index (κ1) is 14.0. The summed E-state index contributed by atoms with van der Waals surface area (Å²) in [5.74, 6) is 0. The zero-order valence-electron chi connectivity index (χ0n) is 10.9. The SMILES string of the molecule is CC(C)N(CC1CCCN1)c1ccc(Cl)c(Cl)c1. The van der Waals surface area contributed by atoms with Crippen molar-refractivity contribution in [1.29, 1.82) is 0 Å². The molecule has 0 spiro atoms. The van der Waals surface area contributed by atoms with Gasteiger partial charge in [0, 0.05) is 24.3 Å².